The quantitative estimate of drug-likeness (QED) is 0.900. The van der Waals surface area contributed by atoms with Crippen LogP contribution in [-0.2, 0) is 9.59 Å². The van der Waals surface area contributed by atoms with Gasteiger partial charge in [0.05, 0.1) is 13.0 Å². The lowest BCUT2D eigenvalue weighted by molar-refractivity contribution is -0.132. The summed E-state index contributed by atoms with van der Waals surface area (Å²) in [6, 6.07) is 7.93. The van der Waals surface area contributed by atoms with Crippen LogP contribution in [0.15, 0.2) is 24.3 Å². The number of nitrogens with zero attached hydrogens (tertiary/aromatic N) is 1. The summed E-state index contributed by atoms with van der Waals surface area (Å²) < 4.78 is 5.32. The smallest absolute Gasteiger partial charge is 0.225 e. The van der Waals surface area contributed by atoms with E-state index >= 15 is 0 Å². The van der Waals surface area contributed by atoms with Crippen molar-refractivity contribution in [1.29, 1.82) is 0 Å². The second kappa shape index (κ2) is 6.83. The van der Waals surface area contributed by atoms with E-state index in [0.29, 0.717) is 13.1 Å². The number of methoxy groups -OCH3 is 1. The van der Waals surface area contributed by atoms with Gasteiger partial charge in [0.1, 0.15) is 5.75 Å². The molecule has 1 heterocycles. The fraction of sp³-hybridized carbons (Fsp3) is 0.579. The molecule has 2 atom stereocenters. The van der Waals surface area contributed by atoms with Gasteiger partial charge in [-0.15, -0.1) is 0 Å². The lowest BCUT2D eigenvalue weighted by atomic mass is 9.88. The molecule has 0 aromatic heterocycles. The van der Waals surface area contributed by atoms with Crippen LogP contribution in [0, 0.1) is 11.8 Å². The van der Waals surface area contributed by atoms with E-state index in [2.05, 4.69) is 5.32 Å². The van der Waals surface area contributed by atoms with Gasteiger partial charge in [0.2, 0.25) is 11.8 Å². The van der Waals surface area contributed by atoms with Crippen molar-refractivity contribution in [3.05, 3.63) is 29.8 Å². The minimum absolute atomic E-state index is 0.0153. The lowest BCUT2D eigenvalue weighted by Crippen LogP contribution is -2.39. The zero-order valence-corrected chi connectivity index (χ0v) is 14.6. The molecule has 130 valence electrons. The fourth-order valence-electron chi connectivity index (χ4n) is 3.44. The molecule has 1 aromatic rings. The van der Waals surface area contributed by atoms with Crippen LogP contribution in [0.4, 0.5) is 0 Å². The third kappa shape index (κ3) is 3.55. The summed E-state index contributed by atoms with van der Waals surface area (Å²) in [5, 5.41) is 3.01. The predicted octanol–water partition coefficient (Wildman–Crippen LogP) is 2.17. The number of carbonyl (C=O) groups excluding carboxylic acids is 2. The fourth-order valence-corrected chi connectivity index (χ4v) is 3.44. The van der Waals surface area contributed by atoms with Crippen molar-refractivity contribution >= 4 is 11.8 Å². The second-order valence-corrected chi connectivity index (χ2v) is 7.17. The number of ether oxygens (including phenoxy) is 1. The molecule has 1 aliphatic carbocycles. The van der Waals surface area contributed by atoms with Gasteiger partial charge in [0.15, 0.2) is 0 Å². The Balaban J connectivity index is 1.83. The maximum atomic E-state index is 12.7. The lowest BCUT2D eigenvalue weighted by Gasteiger charge is -2.20. The molecule has 0 bridgehead atoms. The first kappa shape index (κ1) is 16.8. The van der Waals surface area contributed by atoms with Crippen molar-refractivity contribution < 1.29 is 14.3 Å². The molecule has 1 N–H and O–H groups in total. The largest absolute Gasteiger partial charge is 0.497 e. The first-order valence-corrected chi connectivity index (χ1v) is 8.72. The topological polar surface area (TPSA) is 58.6 Å². The Morgan fingerprint density at radius 1 is 1.25 bits per heavy atom. The van der Waals surface area contributed by atoms with Crippen LogP contribution in [-0.4, -0.2) is 43.0 Å². The molecule has 2 fully saturated rings. The summed E-state index contributed by atoms with van der Waals surface area (Å²) in [5.41, 5.74) is 1.06. The summed E-state index contributed by atoms with van der Waals surface area (Å²) >= 11 is 0. The molecule has 1 aliphatic heterocycles. The van der Waals surface area contributed by atoms with Gasteiger partial charge in [0.25, 0.3) is 0 Å². The number of rotatable bonds is 5. The Hall–Kier alpha value is -2.04. The first-order chi connectivity index (χ1) is 11.5. The summed E-state index contributed by atoms with van der Waals surface area (Å²) in [6.45, 7) is 5.04. The van der Waals surface area contributed by atoms with E-state index in [-0.39, 0.29) is 35.6 Å². The molecule has 2 aliphatic rings. The van der Waals surface area contributed by atoms with Crippen molar-refractivity contribution in [2.75, 3.05) is 20.2 Å². The van der Waals surface area contributed by atoms with Crippen LogP contribution < -0.4 is 10.1 Å². The van der Waals surface area contributed by atoms with E-state index in [4.69, 9.17) is 4.74 Å². The van der Waals surface area contributed by atoms with Gasteiger partial charge in [-0.05, 0) is 44.4 Å². The molecular weight excluding hydrogens is 304 g/mol. The maximum Gasteiger partial charge on any atom is 0.225 e. The van der Waals surface area contributed by atoms with Crippen LogP contribution in [0.2, 0.25) is 0 Å². The highest BCUT2D eigenvalue weighted by molar-refractivity contribution is 5.85. The molecule has 3 rings (SSSR count). The minimum atomic E-state index is -0.206. The first-order valence-electron chi connectivity index (χ1n) is 8.72. The Morgan fingerprint density at radius 3 is 2.62 bits per heavy atom. The summed E-state index contributed by atoms with van der Waals surface area (Å²) in [6.07, 6.45) is 1.98. The number of likely N-dealkylation sites (tertiary alicyclic amines) is 1. The highest BCUT2D eigenvalue weighted by Gasteiger charge is 2.43. The van der Waals surface area contributed by atoms with E-state index in [1.54, 1.807) is 7.11 Å². The number of amides is 2. The Kier molecular flexibility index (Phi) is 4.78. The summed E-state index contributed by atoms with van der Waals surface area (Å²) in [5.74, 6) is 1.01. The number of nitrogens with one attached hydrogen (secondary N) is 1. The second-order valence-electron chi connectivity index (χ2n) is 7.17. The summed E-state index contributed by atoms with van der Waals surface area (Å²) in [7, 11) is 1.64. The molecule has 1 saturated carbocycles. The minimum Gasteiger partial charge on any atom is -0.497 e. The van der Waals surface area contributed by atoms with E-state index in [9.17, 15) is 9.59 Å². The van der Waals surface area contributed by atoms with Gasteiger partial charge < -0.3 is 15.0 Å². The predicted molar refractivity (Wildman–Crippen MR) is 91.8 cm³/mol. The van der Waals surface area contributed by atoms with E-state index < -0.39 is 0 Å². The zero-order valence-electron chi connectivity index (χ0n) is 14.6. The van der Waals surface area contributed by atoms with Crippen LogP contribution in [0.1, 0.15) is 38.2 Å². The highest BCUT2D eigenvalue weighted by atomic mass is 16.5. The number of benzene rings is 1. The van der Waals surface area contributed by atoms with Crippen molar-refractivity contribution in [3.63, 3.8) is 0 Å². The molecule has 1 aromatic carbocycles. The molecule has 5 heteroatoms. The normalized spacial score (nSPS) is 23.4. The third-order valence-corrected chi connectivity index (χ3v) is 4.85. The molecule has 0 radical (unpaired) electrons. The van der Waals surface area contributed by atoms with E-state index in [1.807, 2.05) is 43.0 Å². The van der Waals surface area contributed by atoms with Gasteiger partial charge in [-0.25, -0.2) is 0 Å². The van der Waals surface area contributed by atoms with Crippen LogP contribution in [0.3, 0.4) is 0 Å². The van der Waals surface area contributed by atoms with Crippen LogP contribution in [0.25, 0.3) is 0 Å². The Morgan fingerprint density at radius 2 is 2.00 bits per heavy atom. The van der Waals surface area contributed by atoms with Crippen molar-refractivity contribution in [2.45, 2.75) is 38.6 Å². The number of hydrogen-bond acceptors (Lipinski definition) is 3. The average Bonchev–Trinajstić information content (AvgIpc) is 3.31. The van der Waals surface area contributed by atoms with Crippen LogP contribution >= 0.6 is 0 Å². The van der Waals surface area contributed by atoms with Crippen molar-refractivity contribution in [1.82, 2.24) is 10.2 Å². The molecule has 24 heavy (non-hydrogen) atoms. The molecular formula is C19H26N2O3. The standard InChI is InChI=1S/C19H26N2O3/c1-12(2)20-18(22)17-11-21(19(23)13-7-8-13)10-16(17)14-5-4-6-15(9-14)24-3/h4-6,9,12-13,16-17H,7-8,10-11H2,1-3H3,(H,20,22). The average molecular weight is 330 g/mol. The summed E-state index contributed by atoms with van der Waals surface area (Å²) in [4.78, 5) is 27.0. The monoisotopic (exact) mass is 330 g/mol. The van der Waals surface area contributed by atoms with Crippen molar-refractivity contribution in [2.24, 2.45) is 11.8 Å². The molecule has 1 saturated heterocycles. The van der Waals surface area contributed by atoms with Gasteiger partial charge in [0, 0.05) is 31.0 Å². The van der Waals surface area contributed by atoms with Crippen LogP contribution in [0.5, 0.6) is 5.75 Å². The number of hydrogen-bond donors (Lipinski definition) is 1. The third-order valence-electron chi connectivity index (χ3n) is 4.85. The molecule has 2 unspecified atom stereocenters. The SMILES string of the molecule is COc1cccc(C2CN(C(=O)C3CC3)CC2C(=O)NC(C)C)c1. The molecule has 2 amide bonds. The highest BCUT2D eigenvalue weighted by Crippen LogP contribution is 2.38. The molecule has 5 nitrogen and oxygen atoms in total. The van der Waals surface area contributed by atoms with E-state index in [1.165, 1.54) is 0 Å². The zero-order chi connectivity index (χ0) is 17.3. The van der Waals surface area contributed by atoms with Crippen molar-refractivity contribution in [3.8, 4) is 5.75 Å². The molecule has 0 spiro atoms. The van der Waals surface area contributed by atoms with Gasteiger partial charge in [-0.3, -0.25) is 9.59 Å². The Labute approximate surface area is 143 Å². The van der Waals surface area contributed by atoms with E-state index in [0.717, 1.165) is 24.2 Å². The van der Waals surface area contributed by atoms with Gasteiger partial charge in [-0.2, -0.15) is 0 Å². The number of carbonyl (C=O) groups is 2. The maximum absolute atomic E-state index is 12.7. The van der Waals surface area contributed by atoms with Gasteiger partial charge >= 0.3 is 0 Å². The Bertz CT molecular complexity index is 625. The van der Waals surface area contributed by atoms with Gasteiger partial charge in [-0.1, -0.05) is 12.1 Å².